The third-order valence-electron chi connectivity index (χ3n) is 6.48. The van der Waals surface area contributed by atoms with Crippen LogP contribution in [0.25, 0.3) is 22.4 Å². The molecular weight excluding hydrogens is 424 g/mol. The number of nitrogens with zero attached hydrogens (tertiary/aromatic N) is 8. The highest BCUT2D eigenvalue weighted by Crippen LogP contribution is 2.35. The average Bonchev–Trinajstić information content (AvgIpc) is 3.53. The molecule has 5 aromatic rings. The zero-order valence-electron chi connectivity index (χ0n) is 19.6. The summed E-state index contributed by atoms with van der Waals surface area (Å²) in [7, 11) is 5.90. The smallest absolute Gasteiger partial charge is 0.133 e. The third-order valence-corrected chi connectivity index (χ3v) is 6.48. The standard InChI is InChI=1S/C26H26N8/c1-32-15-18(12-28-32)11-24-27-13-20-7-8-22-25(26(20)30-24)23(34(3)31-22)10-17-5-4-6-19(9-17)21-14-29-33(2)16-21/h4-6,9,12-16H,7-8,10-11H2,1-3H3. The first kappa shape index (κ1) is 20.5. The van der Waals surface area contributed by atoms with Crippen molar-refractivity contribution in [3.8, 4) is 22.4 Å². The molecule has 0 unspecified atom stereocenters. The molecule has 8 nitrogen and oxygen atoms in total. The van der Waals surface area contributed by atoms with E-state index in [2.05, 4.69) is 39.4 Å². The maximum atomic E-state index is 5.03. The minimum Gasteiger partial charge on any atom is -0.276 e. The number of fused-ring (bicyclic) bond motifs is 3. The highest BCUT2D eigenvalue weighted by molar-refractivity contribution is 5.71. The van der Waals surface area contributed by atoms with Gasteiger partial charge in [-0.2, -0.15) is 15.3 Å². The molecule has 1 aliphatic rings. The van der Waals surface area contributed by atoms with E-state index in [-0.39, 0.29) is 0 Å². The second-order valence-electron chi connectivity index (χ2n) is 9.03. The summed E-state index contributed by atoms with van der Waals surface area (Å²) in [6.07, 6.45) is 13.1. The van der Waals surface area contributed by atoms with Crippen molar-refractivity contribution in [2.75, 3.05) is 0 Å². The SMILES string of the molecule is Cn1cc(Cc2ncc3c(n2)-c2c(nn(C)c2Cc2cccc(-c4cnn(C)c4)c2)CC3)cn1. The van der Waals surface area contributed by atoms with Crippen LogP contribution in [0.4, 0.5) is 0 Å². The van der Waals surface area contributed by atoms with Crippen LogP contribution in [-0.4, -0.2) is 39.3 Å². The zero-order valence-corrected chi connectivity index (χ0v) is 19.6. The van der Waals surface area contributed by atoms with Gasteiger partial charge in [0, 0.05) is 63.7 Å². The van der Waals surface area contributed by atoms with Crippen LogP contribution in [0, 0.1) is 0 Å². The summed E-state index contributed by atoms with van der Waals surface area (Å²) in [5.74, 6) is 0.813. The minimum absolute atomic E-state index is 0.666. The van der Waals surface area contributed by atoms with Gasteiger partial charge in [0.15, 0.2) is 0 Å². The summed E-state index contributed by atoms with van der Waals surface area (Å²) < 4.78 is 5.67. The van der Waals surface area contributed by atoms with Crippen molar-refractivity contribution < 1.29 is 0 Å². The molecule has 1 aliphatic carbocycles. The number of benzene rings is 1. The molecular formula is C26H26N8. The molecule has 4 heterocycles. The largest absolute Gasteiger partial charge is 0.276 e. The predicted molar refractivity (Wildman–Crippen MR) is 129 cm³/mol. The molecule has 0 aliphatic heterocycles. The van der Waals surface area contributed by atoms with E-state index in [1.807, 2.05) is 66.2 Å². The molecule has 1 aromatic carbocycles. The molecule has 0 spiro atoms. The summed E-state index contributed by atoms with van der Waals surface area (Å²) in [5, 5.41) is 13.5. The van der Waals surface area contributed by atoms with Crippen molar-refractivity contribution in [1.82, 2.24) is 39.3 Å². The lowest BCUT2D eigenvalue weighted by molar-refractivity contribution is 0.705. The molecule has 6 rings (SSSR count). The third kappa shape index (κ3) is 3.71. The molecule has 170 valence electrons. The Morgan fingerprint density at radius 1 is 0.853 bits per heavy atom. The first-order valence-corrected chi connectivity index (χ1v) is 11.5. The van der Waals surface area contributed by atoms with Gasteiger partial charge < -0.3 is 0 Å². The Bertz CT molecular complexity index is 1500. The van der Waals surface area contributed by atoms with E-state index in [0.717, 1.165) is 47.6 Å². The van der Waals surface area contributed by atoms with Crippen LogP contribution in [0.15, 0.2) is 55.2 Å². The molecule has 0 amide bonds. The highest BCUT2D eigenvalue weighted by Gasteiger charge is 2.26. The van der Waals surface area contributed by atoms with Crippen molar-refractivity contribution in [2.24, 2.45) is 21.1 Å². The van der Waals surface area contributed by atoms with E-state index in [9.17, 15) is 0 Å². The topological polar surface area (TPSA) is 79.2 Å². The Hall–Kier alpha value is -4.07. The van der Waals surface area contributed by atoms with E-state index in [4.69, 9.17) is 10.1 Å². The molecule has 0 saturated heterocycles. The van der Waals surface area contributed by atoms with Crippen LogP contribution in [-0.2, 0) is 46.8 Å². The molecule has 34 heavy (non-hydrogen) atoms. The van der Waals surface area contributed by atoms with Gasteiger partial charge in [0.25, 0.3) is 0 Å². The monoisotopic (exact) mass is 450 g/mol. The zero-order chi connectivity index (χ0) is 23.2. The van der Waals surface area contributed by atoms with Crippen molar-refractivity contribution in [1.29, 1.82) is 0 Å². The van der Waals surface area contributed by atoms with Gasteiger partial charge in [-0.3, -0.25) is 14.0 Å². The molecule has 0 fully saturated rings. The maximum absolute atomic E-state index is 5.03. The maximum Gasteiger partial charge on any atom is 0.133 e. The number of aryl methyl sites for hydroxylation is 5. The summed E-state index contributed by atoms with van der Waals surface area (Å²) in [6, 6.07) is 8.67. The van der Waals surface area contributed by atoms with Gasteiger partial charge in [-0.05, 0) is 35.1 Å². The van der Waals surface area contributed by atoms with Crippen LogP contribution >= 0.6 is 0 Å². The predicted octanol–water partition coefficient (Wildman–Crippen LogP) is 3.29. The van der Waals surface area contributed by atoms with Crippen molar-refractivity contribution in [3.63, 3.8) is 0 Å². The summed E-state index contributed by atoms with van der Waals surface area (Å²) >= 11 is 0. The van der Waals surface area contributed by atoms with Crippen molar-refractivity contribution in [3.05, 3.63) is 89.2 Å². The van der Waals surface area contributed by atoms with Crippen LogP contribution in [0.1, 0.15) is 33.9 Å². The lowest BCUT2D eigenvalue weighted by Crippen LogP contribution is -2.09. The quantitative estimate of drug-likeness (QED) is 0.411. The molecule has 0 N–H and O–H groups in total. The first-order valence-electron chi connectivity index (χ1n) is 11.5. The summed E-state index contributed by atoms with van der Waals surface area (Å²) in [5.41, 5.74) is 10.3. The molecule has 0 atom stereocenters. The Balaban J connectivity index is 1.37. The fraction of sp³-hybridized carbons (Fsp3) is 0.269. The van der Waals surface area contributed by atoms with Crippen LogP contribution in [0.2, 0.25) is 0 Å². The Labute approximate surface area is 197 Å². The van der Waals surface area contributed by atoms with Gasteiger partial charge in [0.1, 0.15) is 5.82 Å². The van der Waals surface area contributed by atoms with Gasteiger partial charge in [-0.25, -0.2) is 9.97 Å². The van der Waals surface area contributed by atoms with Crippen LogP contribution in [0.3, 0.4) is 0 Å². The number of aromatic nitrogens is 8. The van der Waals surface area contributed by atoms with Crippen molar-refractivity contribution in [2.45, 2.75) is 25.7 Å². The van der Waals surface area contributed by atoms with E-state index in [1.54, 1.807) is 0 Å². The molecule has 4 aromatic heterocycles. The van der Waals surface area contributed by atoms with E-state index < -0.39 is 0 Å². The molecule has 8 heteroatoms. The molecule has 0 bridgehead atoms. The lowest BCUT2D eigenvalue weighted by Gasteiger charge is -2.16. The number of hydrogen-bond donors (Lipinski definition) is 0. The average molecular weight is 451 g/mol. The van der Waals surface area contributed by atoms with Gasteiger partial charge in [0.05, 0.1) is 29.5 Å². The Kier molecular flexibility index (Phi) is 4.86. The number of rotatable bonds is 5. The van der Waals surface area contributed by atoms with Gasteiger partial charge in [0.2, 0.25) is 0 Å². The number of hydrogen-bond acceptors (Lipinski definition) is 5. The molecule has 0 saturated carbocycles. The van der Waals surface area contributed by atoms with Gasteiger partial charge in [-0.1, -0.05) is 24.3 Å². The normalized spacial score (nSPS) is 12.6. The van der Waals surface area contributed by atoms with E-state index in [1.165, 1.54) is 27.9 Å². The first-order chi connectivity index (χ1) is 16.5. The van der Waals surface area contributed by atoms with Crippen LogP contribution < -0.4 is 0 Å². The molecule has 0 radical (unpaired) electrons. The second-order valence-corrected chi connectivity index (χ2v) is 9.03. The lowest BCUT2D eigenvalue weighted by atomic mass is 9.91. The fourth-order valence-corrected chi connectivity index (χ4v) is 4.82. The van der Waals surface area contributed by atoms with Gasteiger partial charge >= 0.3 is 0 Å². The summed E-state index contributed by atoms with van der Waals surface area (Å²) in [6.45, 7) is 0. The summed E-state index contributed by atoms with van der Waals surface area (Å²) in [4.78, 5) is 9.68. The second kappa shape index (κ2) is 8.06. The van der Waals surface area contributed by atoms with Crippen molar-refractivity contribution >= 4 is 0 Å². The highest BCUT2D eigenvalue weighted by atomic mass is 15.3. The van der Waals surface area contributed by atoms with E-state index in [0.29, 0.717) is 6.42 Å². The fourth-order valence-electron chi connectivity index (χ4n) is 4.82. The minimum atomic E-state index is 0.666. The van der Waals surface area contributed by atoms with Crippen LogP contribution in [0.5, 0.6) is 0 Å². The Morgan fingerprint density at radius 2 is 1.71 bits per heavy atom. The van der Waals surface area contributed by atoms with E-state index >= 15 is 0 Å². The Morgan fingerprint density at radius 3 is 2.50 bits per heavy atom. The van der Waals surface area contributed by atoms with Gasteiger partial charge in [-0.15, -0.1) is 0 Å².